The summed E-state index contributed by atoms with van der Waals surface area (Å²) >= 11 is 0. The van der Waals surface area contributed by atoms with Crippen molar-refractivity contribution in [2.24, 2.45) is 5.92 Å². The summed E-state index contributed by atoms with van der Waals surface area (Å²) in [7, 11) is 2.79. The maximum atomic E-state index is 12.3. The molecule has 3 fully saturated rings. The van der Waals surface area contributed by atoms with Crippen molar-refractivity contribution < 1.29 is 83.0 Å². The third-order valence-electron chi connectivity index (χ3n) is 15.9. The van der Waals surface area contributed by atoms with Gasteiger partial charge in [-0.15, -0.1) is 0 Å². The Balaban J connectivity index is 0.000000207. The first kappa shape index (κ1) is 69.3. The van der Waals surface area contributed by atoms with Gasteiger partial charge < -0.3 is 68.6 Å². The van der Waals surface area contributed by atoms with Gasteiger partial charge in [0, 0.05) is 34.0 Å². The van der Waals surface area contributed by atoms with E-state index in [0.717, 1.165) is 71.9 Å². The van der Waals surface area contributed by atoms with Gasteiger partial charge in [0.15, 0.2) is 24.5 Å². The van der Waals surface area contributed by atoms with Crippen LogP contribution in [0, 0.1) is 5.92 Å². The van der Waals surface area contributed by atoms with Crippen LogP contribution in [-0.2, 0) is 90.9 Å². The molecule has 0 spiro atoms. The van der Waals surface area contributed by atoms with Crippen LogP contribution in [0.15, 0.2) is 146 Å². The molecule has 9 rings (SSSR count). The highest BCUT2D eigenvalue weighted by molar-refractivity contribution is 5.81. The van der Waals surface area contributed by atoms with E-state index in [2.05, 4.69) is 93.6 Å². The molecule has 6 N–H and O–H groups in total. The topological polar surface area (TPSA) is 254 Å². The van der Waals surface area contributed by atoms with Crippen molar-refractivity contribution in [3.63, 3.8) is 0 Å². The number of ether oxygens (including phenoxy) is 7. The van der Waals surface area contributed by atoms with Gasteiger partial charge in [0.25, 0.3) is 0 Å². The number of hydrogen-bond acceptors (Lipinski definition) is 17. The van der Waals surface area contributed by atoms with Crippen molar-refractivity contribution >= 4 is 24.5 Å². The molecule has 0 amide bonds. The van der Waals surface area contributed by atoms with Crippen LogP contribution in [0.3, 0.4) is 0 Å². The van der Waals surface area contributed by atoms with Crippen LogP contribution in [0.1, 0.15) is 134 Å². The van der Waals surface area contributed by atoms with E-state index >= 15 is 0 Å². The number of ketones is 1. The second kappa shape index (κ2) is 33.5. The second-order valence-electron chi connectivity index (χ2n) is 22.1. The van der Waals surface area contributed by atoms with Gasteiger partial charge in [-0.2, -0.15) is 0 Å². The predicted octanol–water partition coefficient (Wildman–Crippen LogP) is 8.12. The first-order chi connectivity index (χ1) is 41.7. The molecule has 15 atom stereocenters. The Kier molecular flexibility index (Phi) is 26.7. The normalized spacial score (nSPS) is 26.7. The Morgan fingerprint density at radius 3 is 1.02 bits per heavy atom. The Bertz CT molecular complexity index is 2970. The van der Waals surface area contributed by atoms with Crippen molar-refractivity contribution in [1.29, 1.82) is 0 Å². The summed E-state index contributed by atoms with van der Waals surface area (Å²) in [4.78, 5) is 44.1. The first-order valence-corrected chi connectivity index (χ1v) is 29.5. The quantitative estimate of drug-likeness (QED) is 0.0472. The summed E-state index contributed by atoms with van der Waals surface area (Å²) in [6, 6.07) is 48.8. The monoisotopic (exact) mass is 1200 g/mol. The zero-order chi connectivity index (χ0) is 63.5. The number of rotatable bonds is 17. The van der Waals surface area contributed by atoms with Crippen LogP contribution in [0.25, 0.3) is 0 Å². The molecule has 468 valence electrons. The minimum absolute atomic E-state index is 0.168. The molecule has 0 saturated carbocycles. The van der Waals surface area contributed by atoms with Gasteiger partial charge in [-0.05, 0) is 112 Å². The number of esters is 2. The van der Waals surface area contributed by atoms with Gasteiger partial charge in [0.1, 0.15) is 73.9 Å². The van der Waals surface area contributed by atoms with Gasteiger partial charge in [-0.3, -0.25) is 14.4 Å². The average molecular weight is 1200 g/mol. The van der Waals surface area contributed by atoms with Gasteiger partial charge in [0.05, 0.1) is 0 Å². The molecule has 17 nitrogen and oxygen atoms in total. The molecule has 3 heterocycles. The maximum Gasteiger partial charge on any atom is 0.303 e. The Labute approximate surface area is 510 Å². The molecule has 3 aliphatic heterocycles. The number of benzene rings is 6. The van der Waals surface area contributed by atoms with E-state index in [9.17, 15) is 45.0 Å². The zero-order valence-corrected chi connectivity index (χ0v) is 51.1. The number of aryl methyl sites for hydroxylation is 3. The second-order valence-corrected chi connectivity index (χ2v) is 22.1. The summed E-state index contributed by atoms with van der Waals surface area (Å²) in [5.74, 6) is -1.65. The van der Waals surface area contributed by atoms with Crippen LogP contribution in [0.4, 0.5) is 0 Å². The number of hydrogen-bond donors (Lipinski definition) is 6. The molecule has 87 heavy (non-hydrogen) atoms. The SMILES string of the molecule is C=O.CCc1ccc(Cc2cccc([C@@H]3O[C@H](C(C)=O)[C@@H](C)[C@H](OC(C)=O)[C@H]3OC(C)=O)c2)cc1.CCc1ccc(Cc2cccc([C@@H]3O[C@H](OC)[C@@H](O)[C@H](O)[C@H]3O)c2)cc1.CCc1ccc(Cc2cccc([C@@H]3O[C@H](OC)[C@@H](O)[C@H](O)[C@H]3O)c2)cc1. The van der Waals surface area contributed by atoms with Gasteiger partial charge in [0.2, 0.25) is 0 Å². The highest BCUT2D eigenvalue weighted by atomic mass is 16.7. The highest BCUT2D eigenvalue weighted by Crippen LogP contribution is 2.40. The fourth-order valence-electron chi connectivity index (χ4n) is 11.1. The number of aliphatic hydroxyl groups excluding tert-OH is 6. The van der Waals surface area contributed by atoms with Crippen molar-refractivity contribution in [2.75, 3.05) is 14.2 Å². The molecular formula is C70H86O17. The summed E-state index contributed by atoms with van der Waals surface area (Å²) in [6.07, 6.45) is -9.09. The Morgan fingerprint density at radius 2 is 0.724 bits per heavy atom. The molecule has 6 aromatic carbocycles. The van der Waals surface area contributed by atoms with E-state index < -0.39 is 104 Å². The minimum atomic E-state index is -1.33. The smallest absolute Gasteiger partial charge is 0.303 e. The molecule has 0 aliphatic carbocycles. The lowest BCUT2D eigenvalue weighted by molar-refractivity contribution is -0.292. The van der Waals surface area contributed by atoms with E-state index in [1.54, 1.807) is 6.92 Å². The van der Waals surface area contributed by atoms with Crippen molar-refractivity contribution in [3.05, 3.63) is 212 Å². The van der Waals surface area contributed by atoms with Crippen LogP contribution in [0.5, 0.6) is 0 Å². The fourth-order valence-corrected chi connectivity index (χ4v) is 11.1. The number of Topliss-reactive ketones (excluding diaryl/α,β-unsaturated/α-hetero) is 1. The number of carbonyl (C=O) groups excluding carboxylic acids is 4. The molecule has 6 aromatic rings. The molecule has 0 unspecified atom stereocenters. The van der Waals surface area contributed by atoms with Crippen molar-refractivity contribution in [2.45, 2.75) is 173 Å². The molecule has 17 heteroatoms. The Morgan fingerprint density at radius 1 is 0.414 bits per heavy atom. The lowest BCUT2D eigenvalue weighted by Crippen LogP contribution is -2.54. The number of carbonyl (C=O) groups is 4. The molecular weight excluding hydrogens is 1110 g/mol. The highest BCUT2D eigenvalue weighted by Gasteiger charge is 2.50. The van der Waals surface area contributed by atoms with Crippen LogP contribution in [0.2, 0.25) is 0 Å². The molecule has 0 bridgehead atoms. The summed E-state index contributed by atoms with van der Waals surface area (Å²) in [6.45, 7) is 14.2. The Hall–Kier alpha value is -6.84. The van der Waals surface area contributed by atoms with Crippen LogP contribution in [-0.4, -0.2) is 137 Å². The number of aliphatic hydroxyl groups is 6. The molecule has 3 aliphatic rings. The largest absolute Gasteiger partial charge is 0.458 e. The lowest BCUT2D eigenvalue weighted by atomic mass is 9.83. The lowest BCUT2D eigenvalue weighted by Gasteiger charge is -2.44. The standard InChI is InChI=1S/C27H32O6.2C21H26O5.CH2O/c1-6-20-10-12-21(13-11-20)14-22-8-7-9-23(15-22)26-27(32-19(5)30)25(31-18(4)29)16(2)24(33-26)17(3)28;2*1-3-13-7-9-14(10-8-13)11-15-5-4-6-16(12-15)20-18(23)17(22)19(24)21(25-2)26-20;1-2/h7-13,15-16,24-27H,6,14H2,1-5H3;2*4-10,12,17-24H,3,11H2,1-2H3;1H2/t16-,24+,25+,26+,27-;2*17-,18-,19+,20+,21+;/m111./s1. The summed E-state index contributed by atoms with van der Waals surface area (Å²) in [5.41, 5.74) is 13.0. The summed E-state index contributed by atoms with van der Waals surface area (Å²) in [5, 5.41) is 60.6. The van der Waals surface area contributed by atoms with E-state index in [0.29, 0.717) is 0 Å². The van der Waals surface area contributed by atoms with Gasteiger partial charge in [-0.1, -0.05) is 173 Å². The molecule has 3 saturated heterocycles. The number of methoxy groups -OCH3 is 2. The van der Waals surface area contributed by atoms with E-state index in [1.807, 2.05) is 79.6 Å². The molecule has 0 radical (unpaired) electrons. The summed E-state index contributed by atoms with van der Waals surface area (Å²) < 4.78 is 38.8. The van der Waals surface area contributed by atoms with Crippen molar-refractivity contribution in [3.8, 4) is 0 Å². The van der Waals surface area contributed by atoms with Gasteiger partial charge >= 0.3 is 11.9 Å². The molecule has 0 aromatic heterocycles. The van der Waals surface area contributed by atoms with Gasteiger partial charge in [-0.25, -0.2) is 0 Å². The predicted molar refractivity (Wildman–Crippen MR) is 326 cm³/mol. The van der Waals surface area contributed by atoms with Crippen molar-refractivity contribution in [1.82, 2.24) is 0 Å². The fraction of sp³-hybridized carbons (Fsp3) is 0.429. The van der Waals surface area contributed by atoms with E-state index in [4.69, 9.17) is 38.0 Å². The third-order valence-corrected chi connectivity index (χ3v) is 15.9. The maximum absolute atomic E-state index is 12.3. The van der Waals surface area contributed by atoms with Crippen LogP contribution >= 0.6 is 0 Å². The first-order valence-electron chi connectivity index (χ1n) is 29.5. The third kappa shape index (κ3) is 18.6. The van der Waals surface area contributed by atoms with E-state index in [-0.39, 0.29) is 5.78 Å². The average Bonchev–Trinajstić information content (AvgIpc) is 1.52. The zero-order valence-electron chi connectivity index (χ0n) is 51.1. The van der Waals surface area contributed by atoms with Crippen LogP contribution < -0.4 is 0 Å². The minimum Gasteiger partial charge on any atom is -0.458 e. The van der Waals surface area contributed by atoms with E-state index in [1.165, 1.54) is 68.4 Å².